The maximum atomic E-state index is 13.0. The standard InChI is InChI=1S/C17H16Cl2O4S/c18-12-4-6-14(7-5-12)24(22,23)16-15(17(16,9-20)10-21)11-2-1-3-13(19)8-11/h1-8,15-16,20-21H,9-10H2/t15-,16-/m0/s1. The number of halogens is 2. The number of aliphatic hydroxyl groups excluding tert-OH is 2. The topological polar surface area (TPSA) is 74.6 Å². The molecule has 1 saturated carbocycles. The lowest BCUT2D eigenvalue weighted by Gasteiger charge is -2.11. The van der Waals surface area contributed by atoms with Crippen LogP contribution in [0.3, 0.4) is 0 Å². The minimum atomic E-state index is -3.75. The van der Waals surface area contributed by atoms with Gasteiger partial charge >= 0.3 is 0 Å². The molecule has 1 aliphatic carbocycles. The summed E-state index contributed by atoms with van der Waals surface area (Å²) in [5, 5.41) is 19.6. The second kappa shape index (κ2) is 6.32. The predicted octanol–water partition coefficient (Wildman–Crippen LogP) is 2.90. The summed E-state index contributed by atoms with van der Waals surface area (Å²) in [5.41, 5.74) is -0.434. The average molecular weight is 387 g/mol. The van der Waals surface area contributed by atoms with Gasteiger partial charge in [-0.2, -0.15) is 0 Å². The van der Waals surface area contributed by atoms with Crippen LogP contribution in [-0.2, 0) is 9.84 Å². The Morgan fingerprint density at radius 2 is 1.58 bits per heavy atom. The molecular weight excluding hydrogens is 371 g/mol. The van der Waals surface area contributed by atoms with Gasteiger partial charge in [-0.1, -0.05) is 35.3 Å². The van der Waals surface area contributed by atoms with Crippen LogP contribution in [0, 0.1) is 5.41 Å². The number of rotatable bonds is 5. The van der Waals surface area contributed by atoms with Gasteiger partial charge in [0.1, 0.15) is 0 Å². The highest BCUT2D eigenvalue weighted by Crippen LogP contribution is 2.63. The molecule has 2 aromatic carbocycles. The van der Waals surface area contributed by atoms with Crippen molar-refractivity contribution in [1.29, 1.82) is 0 Å². The van der Waals surface area contributed by atoms with Crippen LogP contribution >= 0.6 is 23.2 Å². The second-order valence-electron chi connectivity index (χ2n) is 6.00. The Balaban J connectivity index is 2.06. The average Bonchev–Trinajstić information content (AvgIpc) is 3.26. The zero-order valence-electron chi connectivity index (χ0n) is 12.6. The van der Waals surface area contributed by atoms with E-state index in [1.165, 1.54) is 24.3 Å². The Labute approximate surface area is 150 Å². The molecule has 128 valence electrons. The fraction of sp³-hybridized carbons (Fsp3) is 0.294. The van der Waals surface area contributed by atoms with E-state index in [0.717, 1.165) is 0 Å². The van der Waals surface area contributed by atoms with Crippen molar-refractivity contribution in [3.05, 3.63) is 64.1 Å². The van der Waals surface area contributed by atoms with Crippen molar-refractivity contribution in [3.8, 4) is 0 Å². The maximum absolute atomic E-state index is 13.0. The van der Waals surface area contributed by atoms with E-state index in [9.17, 15) is 18.6 Å². The van der Waals surface area contributed by atoms with Gasteiger partial charge < -0.3 is 10.2 Å². The van der Waals surface area contributed by atoms with Gasteiger partial charge in [-0.3, -0.25) is 0 Å². The zero-order valence-corrected chi connectivity index (χ0v) is 14.9. The molecule has 1 fully saturated rings. The number of hydrogen-bond donors (Lipinski definition) is 2. The number of hydrogen-bond acceptors (Lipinski definition) is 4. The lowest BCUT2D eigenvalue weighted by Crippen LogP contribution is -2.23. The molecule has 2 N–H and O–H groups in total. The summed E-state index contributed by atoms with van der Waals surface area (Å²) in [5.74, 6) is -0.521. The third-order valence-corrected chi connectivity index (χ3v) is 7.48. The first kappa shape index (κ1) is 17.7. The molecule has 7 heteroatoms. The first-order valence-corrected chi connectivity index (χ1v) is 9.64. The van der Waals surface area contributed by atoms with Crippen LogP contribution in [0.2, 0.25) is 10.0 Å². The van der Waals surface area contributed by atoms with Gasteiger partial charge in [0.2, 0.25) is 0 Å². The highest BCUT2D eigenvalue weighted by atomic mass is 35.5. The molecule has 24 heavy (non-hydrogen) atoms. The summed E-state index contributed by atoms with van der Waals surface area (Å²) in [6.45, 7) is -0.865. The van der Waals surface area contributed by atoms with Crippen LogP contribution in [0.4, 0.5) is 0 Å². The summed E-state index contributed by atoms with van der Waals surface area (Å²) < 4.78 is 26.0. The number of sulfone groups is 1. The van der Waals surface area contributed by atoms with E-state index >= 15 is 0 Å². The Morgan fingerprint density at radius 1 is 0.958 bits per heavy atom. The third-order valence-electron chi connectivity index (χ3n) is 4.65. The summed E-state index contributed by atoms with van der Waals surface area (Å²) in [7, 11) is -3.75. The molecule has 0 spiro atoms. The molecule has 0 amide bonds. The fourth-order valence-corrected chi connectivity index (χ4v) is 6.10. The molecule has 0 aliphatic heterocycles. The smallest absolute Gasteiger partial charge is 0.182 e. The summed E-state index contributed by atoms with van der Waals surface area (Å²) in [6, 6.07) is 12.7. The lowest BCUT2D eigenvalue weighted by molar-refractivity contribution is 0.130. The molecule has 0 radical (unpaired) electrons. The molecule has 1 aliphatic rings. The van der Waals surface area contributed by atoms with Crippen molar-refractivity contribution in [3.63, 3.8) is 0 Å². The van der Waals surface area contributed by atoms with E-state index in [1.807, 2.05) is 0 Å². The van der Waals surface area contributed by atoms with E-state index in [2.05, 4.69) is 0 Å². The first-order chi connectivity index (χ1) is 11.4. The molecule has 0 unspecified atom stereocenters. The summed E-state index contributed by atoms with van der Waals surface area (Å²) >= 11 is 11.8. The molecule has 2 aromatic rings. The van der Waals surface area contributed by atoms with E-state index in [-0.39, 0.29) is 4.90 Å². The molecule has 2 atom stereocenters. The van der Waals surface area contributed by atoms with E-state index in [1.54, 1.807) is 24.3 Å². The zero-order chi connectivity index (χ0) is 17.5. The monoisotopic (exact) mass is 386 g/mol. The Bertz CT molecular complexity index is 845. The third kappa shape index (κ3) is 2.74. The molecule has 0 heterocycles. The maximum Gasteiger partial charge on any atom is 0.182 e. The van der Waals surface area contributed by atoms with E-state index < -0.39 is 39.6 Å². The number of aliphatic hydroxyl groups is 2. The van der Waals surface area contributed by atoms with Crippen molar-refractivity contribution in [2.45, 2.75) is 16.1 Å². The fourth-order valence-electron chi connectivity index (χ4n) is 3.35. The molecule has 0 bridgehead atoms. The minimum Gasteiger partial charge on any atom is -0.396 e. The van der Waals surface area contributed by atoms with Gasteiger partial charge in [-0.25, -0.2) is 8.42 Å². The van der Waals surface area contributed by atoms with Crippen LogP contribution in [0.15, 0.2) is 53.4 Å². The van der Waals surface area contributed by atoms with Gasteiger partial charge in [-0.15, -0.1) is 0 Å². The molecule has 3 rings (SSSR count). The van der Waals surface area contributed by atoms with E-state index in [0.29, 0.717) is 15.6 Å². The van der Waals surface area contributed by atoms with Crippen LogP contribution in [0.5, 0.6) is 0 Å². The quantitative estimate of drug-likeness (QED) is 0.828. The van der Waals surface area contributed by atoms with Crippen molar-refractivity contribution >= 4 is 33.0 Å². The minimum absolute atomic E-state index is 0.118. The van der Waals surface area contributed by atoms with Gasteiger partial charge in [0.15, 0.2) is 9.84 Å². The van der Waals surface area contributed by atoms with Crippen molar-refractivity contribution < 1.29 is 18.6 Å². The Morgan fingerprint density at radius 3 is 2.12 bits per heavy atom. The van der Waals surface area contributed by atoms with Gasteiger partial charge in [0.25, 0.3) is 0 Å². The molecule has 4 nitrogen and oxygen atoms in total. The first-order valence-electron chi connectivity index (χ1n) is 7.33. The van der Waals surface area contributed by atoms with E-state index in [4.69, 9.17) is 23.2 Å². The van der Waals surface area contributed by atoms with Gasteiger partial charge in [0.05, 0.1) is 23.4 Å². The lowest BCUT2D eigenvalue weighted by atomic mass is 10.0. The van der Waals surface area contributed by atoms with Gasteiger partial charge in [-0.05, 0) is 42.0 Å². The SMILES string of the molecule is O=S(=O)(c1ccc(Cl)cc1)[C@H]1[C@H](c2cccc(Cl)c2)C1(CO)CO. The highest BCUT2D eigenvalue weighted by Gasteiger charge is 2.70. The molecular formula is C17H16Cl2O4S. The highest BCUT2D eigenvalue weighted by molar-refractivity contribution is 7.92. The predicted molar refractivity (Wildman–Crippen MR) is 93.2 cm³/mol. The van der Waals surface area contributed by atoms with Crippen LogP contribution in [0.1, 0.15) is 11.5 Å². The Kier molecular flexibility index (Phi) is 4.66. The second-order valence-corrected chi connectivity index (χ2v) is 8.94. The van der Waals surface area contributed by atoms with Crippen molar-refractivity contribution in [1.82, 2.24) is 0 Å². The summed E-state index contributed by atoms with van der Waals surface area (Å²) in [4.78, 5) is 0.118. The van der Waals surface area contributed by atoms with Crippen LogP contribution in [-0.4, -0.2) is 37.1 Å². The summed E-state index contributed by atoms with van der Waals surface area (Å²) in [6.07, 6.45) is 0. The van der Waals surface area contributed by atoms with Crippen molar-refractivity contribution in [2.24, 2.45) is 5.41 Å². The van der Waals surface area contributed by atoms with Crippen molar-refractivity contribution in [2.75, 3.05) is 13.2 Å². The molecule has 0 saturated heterocycles. The normalized spacial score (nSPS) is 22.3. The molecule has 0 aromatic heterocycles. The Hall–Kier alpha value is -1.11. The largest absolute Gasteiger partial charge is 0.396 e. The van der Waals surface area contributed by atoms with Crippen LogP contribution < -0.4 is 0 Å². The number of benzene rings is 2. The van der Waals surface area contributed by atoms with Gasteiger partial charge in [0, 0.05) is 21.4 Å². The van der Waals surface area contributed by atoms with Crippen LogP contribution in [0.25, 0.3) is 0 Å².